The van der Waals surface area contributed by atoms with E-state index < -0.39 is 0 Å². The number of rotatable bonds is 3. The Kier molecular flexibility index (Phi) is 5.67. The summed E-state index contributed by atoms with van der Waals surface area (Å²) in [5.74, 6) is 0. The van der Waals surface area contributed by atoms with Crippen molar-refractivity contribution in [2.75, 3.05) is 0 Å². The Morgan fingerprint density at radius 2 is 1.21 bits per heavy atom. The number of nitrogens with one attached hydrogen (secondary N) is 1. The molecule has 0 radical (unpaired) electrons. The second-order valence-electron chi connectivity index (χ2n) is 12.7. The third kappa shape index (κ3) is 3.75. The zero-order valence-electron chi connectivity index (χ0n) is 25.9. The first kappa shape index (κ1) is 26.7. The molecule has 0 saturated heterocycles. The maximum atomic E-state index is 3.72. The first-order chi connectivity index (χ1) is 23.2. The average Bonchev–Trinajstić information content (AvgIpc) is 3.68. The fourth-order valence-corrected chi connectivity index (χ4v) is 9.52. The van der Waals surface area contributed by atoms with Crippen molar-refractivity contribution in [1.29, 1.82) is 0 Å². The number of hydrogen-bond donors (Lipinski definition) is 1. The van der Waals surface area contributed by atoms with Crippen LogP contribution in [0.15, 0.2) is 168 Å². The number of hydrogen-bond acceptors (Lipinski definition) is 1. The molecule has 3 heterocycles. The molecule has 47 heavy (non-hydrogen) atoms. The lowest BCUT2D eigenvalue weighted by Crippen LogP contribution is -2.29. The maximum Gasteiger partial charge on any atom is 0.0552 e. The first-order valence-corrected chi connectivity index (χ1v) is 17.0. The monoisotopic (exact) mass is 618 g/mol. The normalized spacial score (nSPS) is 15.8. The van der Waals surface area contributed by atoms with E-state index in [9.17, 15) is 0 Å². The van der Waals surface area contributed by atoms with Gasteiger partial charge < -0.3 is 9.55 Å². The number of fused-ring (bicyclic) bond motifs is 10. The highest BCUT2D eigenvalue weighted by Crippen LogP contribution is 2.57. The first-order valence-electron chi connectivity index (χ1n) is 16.2. The molecular weight excluding hydrogens is 589 g/mol. The number of aromatic amines is 1. The highest BCUT2D eigenvalue weighted by molar-refractivity contribution is 7.99. The number of para-hydroxylation sites is 2. The molecule has 7 aromatic carbocycles. The summed E-state index contributed by atoms with van der Waals surface area (Å²) >= 11 is 1.93. The molecule has 0 amide bonds. The molecule has 3 heteroatoms. The lowest BCUT2D eigenvalue weighted by Gasteiger charge is -2.39. The predicted octanol–water partition coefficient (Wildman–Crippen LogP) is 11.9. The zero-order chi connectivity index (χ0) is 31.1. The second-order valence-corrected chi connectivity index (χ2v) is 13.8. The molecule has 0 fully saturated rings. The van der Waals surface area contributed by atoms with Crippen LogP contribution < -0.4 is 0 Å². The van der Waals surface area contributed by atoms with Crippen LogP contribution >= 0.6 is 11.8 Å². The van der Waals surface area contributed by atoms with Crippen LogP contribution in [0.1, 0.15) is 23.6 Å². The van der Waals surface area contributed by atoms with E-state index >= 15 is 0 Å². The highest BCUT2D eigenvalue weighted by Gasteiger charge is 2.42. The quantitative estimate of drug-likeness (QED) is 0.209. The van der Waals surface area contributed by atoms with Crippen molar-refractivity contribution in [3.63, 3.8) is 0 Å². The van der Waals surface area contributed by atoms with Gasteiger partial charge in [-0.05, 0) is 77.2 Å². The smallest absolute Gasteiger partial charge is 0.0552 e. The Hall–Kier alpha value is -5.51. The fraction of sp³-hybridized carbons (Fsp3) is 0.0455. The van der Waals surface area contributed by atoms with E-state index in [4.69, 9.17) is 0 Å². The van der Waals surface area contributed by atoms with Crippen LogP contribution in [0.25, 0.3) is 60.4 Å². The lowest BCUT2D eigenvalue weighted by atomic mass is 9.69. The summed E-state index contributed by atoms with van der Waals surface area (Å²) in [4.78, 5) is 6.38. The van der Waals surface area contributed by atoms with Gasteiger partial charge in [0.05, 0.1) is 11.0 Å². The van der Waals surface area contributed by atoms with E-state index in [0.29, 0.717) is 0 Å². The highest BCUT2D eigenvalue weighted by atomic mass is 32.2. The lowest BCUT2D eigenvalue weighted by molar-refractivity contribution is 0.665. The molecule has 10 rings (SSSR count). The van der Waals surface area contributed by atoms with Gasteiger partial charge in [-0.3, -0.25) is 0 Å². The number of nitrogens with zero attached hydrogens (tertiary/aromatic N) is 1. The third-order valence-electron chi connectivity index (χ3n) is 10.3. The van der Waals surface area contributed by atoms with Crippen LogP contribution in [-0.4, -0.2) is 9.55 Å². The Bertz CT molecular complexity index is 2650. The van der Waals surface area contributed by atoms with Crippen LogP contribution in [0, 0.1) is 0 Å². The average molecular weight is 619 g/mol. The summed E-state index contributed by atoms with van der Waals surface area (Å²) in [5.41, 5.74) is 12.1. The van der Waals surface area contributed by atoms with Gasteiger partial charge in [-0.25, -0.2) is 0 Å². The minimum Gasteiger partial charge on any atom is -0.355 e. The summed E-state index contributed by atoms with van der Waals surface area (Å²) in [5, 5.41) is 5.21. The molecule has 1 N–H and O–H groups in total. The minimum absolute atomic E-state index is 0.365. The zero-order valence-corrected chi connectivity index (χ0v) is 26.7. The molecule has 1 aliphatic rings. The van der Waals surface area contributed by atoms with E-state index in [-0.39, 0.29) is 5.41 Å². The van der Waals surface area contributed by atoms with Gasteiger partial charge in [0, 0.05) is 53.5 Å². The van der Waals surface area contributed by atoms with Gasteiger partial charge in [0.2, 0.25) is 0 Å². The van der Waals surface area contributed by atoms with Crippen molar-refractivity contribution in [3.05, 3.63) is 174 Å². The van der Waals surface area contributed by atoms with E-state index in [1.54, 1.807) is 0 Å². The largest absolute Gasteiger partial charge is 0.355 e. The van der Waals surface area contributed by atoms with Crippen LogP contribution in [-0.2, 0) is 5.41 Å². The van der Waals surface area contributed by atoms with Crippen LogP contribution in [0.2, 0.25) is 0 Å². The van der Waals surface area contributed by atoms with E-state index in [2.05, 4.69) is 174 Å². The number of H-pyrrole nitrogens is 1. The Labute approximate surface area is 277 Å². The Morgan fingerprint density at radius 1 is 0.532 bits per heavy atom. The fourth-order valence-electron chi connectivity index (χ4n) is 8.06. The summed E-state index contributed by atoms with van der Waals surface area (Å²) in [6, 6.07) is 57.7. The van der Waals surface area contributed by atoms with Crippen LogP contribution in [0.3, 0.4) is 0 Å². The van der Waals surface area contributed by atoms with Crippen LogP contribution in [0.5, 0.6) is 0 Å². The molecule has 0 spiro atoms. The van der Waals surface area contributed by atoms with Gasteiger partial charge in [0.25, 0.3) is 0 Å². The van der Waals surface area contributed by atoms with Gasteiger partial charge in [-0.15, -0.1) is 0 Å². The molecule has 0 aliphatic carbocycles. The molecule has 1 aliphatic heterocycles. The summed E-state index contributed by atoms with van der Waals surface area (Å²) in [7, 11) is 0. The number of aromatic nitrogens is 2. The third-order valence-corrected chi connectivity index (χ3v) is 11.4. The molecule has 2 nitrogen and oxygen atoms in total. The molecule has 0 bridgehead atoms. The predicted molar refractivity (Wildman–Crippen MR) is 198 cm³/mol. The maximum absolute atomic E-state index is 3.72. The van der Waals surface area contributed by atoms with Gasteiger partial charge in [-0.2, -0.15) is 0 Å². The van der Waals surface area contributed by atoms with Gasteiger partial charge in [-0.1, -0.05) is 127 Å². The molecule has 1 atom stereocenters. The van der Waals surface area contributed by atoms with Crippen molar-refractivity contribution in [2.45, 2.75) is 22.1 Å². The van der Waals surface area contributed by atoms with Crippen molar-refractivity contribution in [3.8, 4) is 16.8 Å². The molecule has 2 aromatic heterocycles. The topological polar surface area (TPSA) is 20.7 Å². The minimum atomic E-state index is -0.365. The van der Waals surface area contributed by atoms with Gasteiger partial charge in [0.15, 0.2) is 0 Å². The van der Waals surface area contributed by atoms with Crippen molar-refractivity contribution in [2.24, 2.45) is 0 Å². The summed E-state index contributed by atoms with van der Waals surface area (Å²) in [6.45, 7) is 2.44. The standard InChI is InChI=1S/C44H30N2S/c1-44(30-14-6-3-7-15-30)34-24-26-38-41(43(34)47-39-27-25-36-40(42(39)44)32-16-8-10-18-35(32)45-36)33-17-9-11-19-37(33)46(38)31-22-20-29(21-23-31)28-12-4-2-5-13-28/h2-27,45H,1H3. The summed E-state index contributed by atoms with van der Waals surface area (Å²) < 4.78 is 2.44. The van der Waals surface area contributed by atoms with E-state index in [0.717, 1.165) is 0 Å². The van der Waals surface area contributed by atoms with Crippen molar-refractivity contribution < 1.29 is 0 Å². The van der Waals surface area contributed by atoms with Gasteiger partial charge >= 0.3 is 0 Å². The van der Waals surface area contributed by atoms with Crippen molar-refractivity contribution >= 4 is 55.4 Å². The summed E-state index contributed by atoms with van der Waals surface area (Å²) in [6.07, 6.45) is 0. The molecule has 9 aromatic rings. The Balaban J connectivity index is 1.27. The van der Waals surface area contributed by atoms with E-state index in [1.807, 2.05) is 11.8 Å². The molecule has 1 unspecified atom stereocenters. The molecular formula is C44H30N2S. The van der Waals surface area contributed by atoms with Gasteiger partial charge in [0.1, 0.15) is 0 Å². The Morgan fingerprint density at radius 3 is 2.02 bits per heavy atom. The molecule has 0 saturated carbocycles. The molecule has 222 valence electrons. The van der Waals surface area contributed by atoms with Crippen molar-refractivity contribution in [1.82, 2.24) is 9.55 Å². The number of benzene rings is 7. The second kappa shape index (κ2) is 9.99. The SMILES string of the molecule is CC1(c2ccccc2)c2ccc3c(c2Sc2ccc4[nH]c5ccccc5c4c21)c1ccccc1n3-c1ccc(-c2ccccc2)cc1. The van der Waals surface area contributed by atoms with Crippen LogP contribution in [0.4, 0.5) is 0 Å². The van der Waals surface area contributed by atoms with E-state index in [1.165, 1.54) is 86.9 Å².